The summed E-state index contributed by atoms with van der Waals surface area (Å²) in [6.07, 6.45) is 4.08. The Hall–Kier alpha value is -0.920. The highest BCUT2D eigenvalue weighted by Gasteiger charge is 1.77. The first-order chi connectivity index (χ1) is 4.31. The van der Waals surface area contributed by atoms with Gasteiger partial charge in [-0.2, -0.15) is 0 Å². The molecule has 0 aromatic heterocycles. The monoisotopic (exact) mass is 124 g/mol. The third-order valence-electron chi connectivity index (χ3n) is 0.864. The van der Waals surface area contributed by atoms with Gasteiger partial charge in [0.25, 0.3) is 0 Å². The van der Waals surface area contributed by atoms with Crippen LogP contribution in [0.2, 0.25) is 0 Å². The van der Waals surface area contributed by atoms with E-state index in [2.05, 4.69) is 16.6 Å². The van der Waals surface area contributed by atoms with Crippen LogP contribution in [0.4, 0.5) is 0 Å². The molecule has 0 rings (SSSR count). The predicted octanol–water partition coefficient (Wildman–Crippen LogP) is 2.03. The molecule has 0 aliphatic heterocycles. The summed E-state index contributed by atoms with van der Waals surface area (Å²) in [4.78, 5) is 7.70. The van der Waals surface area contributed by atoms with Crippen LogP contribution in [0.15, 0.2) is 22.3 Å². The van der Waals surface area contributed by atoms with Gasteiger partial charge in [-0.05, 0) is 13.3 Å². The van der Waals surface area contributed by atoms with Gasteiger partial charge in [0, 0.05) is 11.9 Å². The molecule has 0 spiro atoms. The Morgan fingerprint density at radius 1 is 1.67 bits per heavy atom. The molecule has 0 atom stereocenters. The number of nitrogens with zero attached hydrogens (tertiary/aromatic N) is 2. The maximum atomic E-state index is 3.92. The minimum Gasteiger partial charge on any atom is -0.250 e. The highest BCUT2D eigenvalue weighted by Crippen LogP contribution is 1.94. The summed E-state index contributed by atoms with van der Waals surface area (Å²) >= 11 is 0. The maximum absolute atomic E-state index is 3.92. The van der Waals surface area contributed by atoms with Crippen LogP contribution in [-0.4, -0.2) is 12.6 Å². The molecule has 0 saturated heterocycles. The van der Waals surface area contributed by atoms with Gasteiger partial charge in [-0.3, -0.25) is 0 Å². The van der Waals surface area contributed by atoms with E-state index in [0.717, 1.165) is 12.1 Å². The van der Waals surface area contributed by atoms with Crippen molar-refractivity contribution in [3.8, 4) is 0 Å². The Balaban J connectivity index is 3.57. The molecule has 0 aromatic carbocycles. The highest BCUT2D eigenvalue weighted by atomic mass is 14.8. The number of rotatable bonds is 3. The van der Waals surface area contributed by atoms with Gasteiger partial charge in [0.15, 0.2) is 0 Å². The van der Waals surface area contributed by atoms with Crippen molar-refractivity contribution in [2.24, 2.45) is 9.98 Å². The molecule has 0 fully saturated rings. The number of hydrogen-bond donors (Lipinski definition) is 0. The molecule has 2 nitrogen and oxygen atoms in total. The molecular weight excluding hydrogens is 112 g/mol. The summed E-state index contributed by atoms with van der Waals surface area (Å²) in [6.45, 7) is 7.53. The van der Waals surface area contributed by atoms with E-state index in [1.54, 1.807) is 6.21 Å². The molecule has 9 heavy (non-hydrogen) atoms. The van der Waals surface area contributed by atoms with E-state index in [1.807, 2.05) is 13.8 Å². The van der Waals surface area contributed by atoms with E-state index in [-0.39, 0.29) is 0 Å². The molecule has 0 amide bonds. The first kappa shape index (κ1) is 8.08. The Bertz CT molecular complexity index is 134. The van der Waals surface area contributed by atoms with E-state index in [0.29, 0.717) is 0 Å². The molecule has 0 bridgehead atoms. The molecule has 0 aliphatic rings. The van der Waals surface area contributed by atoms with E-state index in [1.165, 1.54) is 6.34 Å². The first-order valence-corrected chi connectivity index (χ1v) is 2.99. The fourth-order valence-electron chi connectivity index (χ4n) is 0.273. The van der Waals surface area contributed by atoms with Gasteiger partial charge in [0.2, 0.25) is 0 Å². The second-order valence-corrected chi connectivity index (χ2v) is 1.57. The average molecular weight is 124 g/mol. The van der Waals surface area contributed by atoms with Crippen LogP contribution in [0.3, 0.4) is 0 Å². The Morgan fingerprint density at radius 3 is 2.78 bits per heavy atom. The van der Waals surface area contributed by atoms with Gasteiger partial charge in [0.05, 0.1) is 0 Å². The lowest BCUT2D eigenvalue weighted by molar-refractivity contribution is 1.08. The quantitative estimate of drug-likeness (QED) is 0.406. The summed E-state index contributed by atoms with van der Waals surface area (Å²) in [6, 6.07) is 0. The zero-order valence-electron chi connectivity index (χ0n) is 5.96. The van der Waals surface area contributed by atoms with Gasteiger partial charge in [-0.1, -0.05) is 13.5 Å². The van der Waals surface area contributed by atoms with Crippen molar-refractivity contribution in [2.75, 3.05) is 0 Å². The molecule has 0 heterocycles. The third kappa shape index (κ3) is 4.94. The van der Waals surface area contributed by atoms with Gasteiger partial charge in [-0.25, -0.2) is 9.98 Å². The molecule has 2 heteroatoms. The Kier molecular flexibility index (Phi) is 4.69. The van der Waals surface area contributed by atoms with Crippen LogP contribution < -0.4 is 0 Å². The number of allylic oxidation sites excluding steroid dienone is 1. The van der Waals surface area contributed by atoms with Crippen molar-refractivity contribution < 1.29 is 0 Å². The molecule has 0 saturated carbocycles. The van der Waals surface area contributed by atoms with E-state index < -0.39 is 0 Å². The van der Waals surface area contributed by atoms with Crippen molar-refractivity contribution in [2.45, 2.75) is 20.3 Å². The standard InChI is InChI=1S/C7H12N2/c1-4-7(3)9-6-8-5-2/h5-6H,3-4H2,1-2H3. The van der Waals surface area contributed by atoms with E-state index in [4.69, 9.17) is 0 Å². The van der Waals surface area contributed by atoms with Gasteiger partial charge >= 0.3 is 0 Å². The van der Waals surface area contributed by atoms with Crippen LogP contribution in [0, 0.1) is 0 Å². The lowest BCUT2D eigenvalue weighted by Gasteiger charge is -1.86. The number of aliphatic imine (C=N–C) groups is 2. The molecule has 0 radical (unpaired) electrons. The van der Waals surface area contributed by atoms with Gasteiger partial charge < -0.3 is 0 Å². The summed E-state index contributed by atoms with van der Waals surface area (Å²) in [5, 5.41) is 0. The largest absolute Gasteiger partial charge is 0.250 e. The predicted molar refractivity (Wildman–Crippen MR) is 42.1 cm³/mol. The molecule has 0 aliphatic carbocycles. The third-order valence-corrected chi connectivity index (χ3v) is 0.864. The van der Waals surface area contributed by atoms with E-state index >= 15 is 0 Å². The molecule has 50 valence electrons. The fraction of sp³-hybridized carbons (Fsp3) is 0.429. The topological polar surface area (TPSA) is 24.7 Å². The maximum Gasteiger partial charge on any atom is 0.115 e. The van der Waals surface area contributed by atoms with E-state index in [9.17, 15) is 0 Å². The number of hydrogen-bond acceptors (Lipinski definition) is 1. The zero-order chi connectivity index (χ0) is 7.11. The highest BCUT2D eigenvalue weighted by molar-refractivity contribution is 5.71. The normalized spacial score (nSPS) is 11.3. The smallest absolute Gasteiger partial charge is 0.115 e. The SMILES string of the molecule is C=C(CC)N=CN=CC. The second kappa shape index (κ2) is 5.22. The van der Waals surface area contributed by atoms with Gasteiger partial charge in [0.1, 0.15) is 6.34 Å². The molecular formula is C7H12N2. The lowest BCUT2D eigenvalue weighted by atomic mass is 10.4. The summed E-state index contributed by atoms with van der Waals surface area (Å²) < 4.78 is 0. The van der Waals surface area contributed by atoms with Crippen LogP contribution in [-0.2, 0) is 0 Å². The van der Waals surface area contributed by atoms with Crippen LogP contribution in [0.25, 0.3) is 0 Å². The van der Waals surface area contributed by atoms with Crippen molar-refractivity contribution in [1.29, 1.82) is 0 Å². The van der Waals surface area contributed by atoms with Crippen molar-refractivity contribution in [3.05, 3.63) is 12.3 Å². The summed E-state index contributed by atoms with van der Waals surface area (Å²) in [5.74, 6) is 0. The molecule has 0 unspecified atom stereocenters. The van der Waals surface area contributed by atoms with Crippen molar-refractivity contribution in [1.82, 2.24) is 0 Å². The van der Waals surface area contributed by atoms with Gasteiger partial charge in [-0.15, -0.1) is 0 Å². The van der Waals surface area contributed by atoms with Crippen LogP contribution in [0.5, 0.6) is 0 Å². The second-order valence-electron chi connectivity index (χ2n) is 1.57. The summed E-state index contributed by atoms with van der Waals surface area (Å²) in [5.41, 5.74) is 0.862. The minimum atomic E-state index is 0.862. The van der Waals surface area contributed by atoms with Crippen LogP contribution in [0.1, 0.15) is 20.3 Å². The first-order valence-electron chi connectivity index (χ1n) is 2.99. The minimum absolute atomic E-state index is 0.862. The van der Waals surface area contributed by atoms with Crippen molar-refractivity contribution >= 4 is 12.6 Å². The Labute approximate surface area is 56.0 Å². The van der Waals surface area contributed by atoms with Crippen LogP contribution >= 0.6 is 0 Å². The lowest BCUT2D eigenvalue weighted by Crippen LogP contribution is -1.72. The fourth-order valence-corrected chi connectivity index (χ4v) is 0.273. The molecule has 0 aromatic rings. The Morgan fingerprint density at radius 2 is 2.33 bits per heavy atom. The van der Waals surface area contributed by atoms with Crippen molar-refractivity contribution in [3.63, 3.8) is 0 Å². The summed E-state index contributed by atoms with van der Waals surface area (Å²) in [7, 11) is 0. The molecule has 0 N–H and O–H groups in total. The average Bonchev–Trinajstić information content (AvgIpc) is 1.89. The zero-order valence-corrected chi connectivity index (χ0v) is 5.96.